The Kier molecular flexibility index (Phi) is 2.98. The summed E-state index contributed by atoms with van der Waals surface area (Å²) >= 11 is 0. The van der Waals surface area contributed by atoms with Gasteiger partial charge in [0, 0.05) is 12.0 Å². The maximum atomic E-state index is 12.0. The first-order valence-corrected chi connectivity index (χ1v) is 6.15. The molecule has 0 saturated heterocycles. The maximum Gasteiger partial charge on any atom is 0.358 e. The Balaban J connectivity index is 2.23. The van der Waals surface area contributed by atoms with Crippen molar-refractivity contribution >= 4 is 11.9 Å². The van der Waals surface area contributed by atoms with E-state index in [4.69, 9.17) is 9.47 Å². The van der Waals surface area contributed by atoms with Gasteiger partial charge >= 0.3 is 11.9 Å². The van der Waals surface area contributed by atoms with Gasteiger partial charge in [-0.05, 0) is 12.1 Å². The number of hydrogen-bond acceptors (Lipinski definition) is 5. The first-order valence-electron chi connectivity index (χ1n) is 6.15. The quantitative estimate of drug-likeness (QED) is 0.772. The van der Waals surface area contributed by atoms with Crippen molar-refractivity contribution in [3.63, 3.8) is 0 Å². The van der Waals surface area contributed by atoms with Crippen LogP contribution in [0.4, 0.5) is 0 Å². The SMILES string of the molecule is COC(=O)c1nn(-c2ccccc2)c2c1CCOC2=O. The molecule has 0 saturated carbocycles. The molecule has 2 heterocycles. The molecule has 0 bridgehead atoms. The van der Waals surface area contributed by atoms with E-state index in [0.717, 1.165) is 0 Å². The molecule has 1 aliphatic heterocycles. The maximum absolute atomic E-state index is 12.0. The number of esters is 2. The molecule has 0 aliphatic carbocycles. The molecule has 2 aromatic rings. The highest BCUT2D eigenvalue weighted by Gasteiger charge is 2.32. The van der Waals surface area contributed by atoms with Crippen LogP contribution < -0.4 is 0 Å². The first-order chi connectivity index (χ1) is 9.72. The van der Waals surface area contributed by atoms with E-state index in [2.05, 4.69) is 5.10 Å². The van der Waals surface area contributed by atoms with E-state index in [-0.39, 0.29) is 12.3 Å². The van der Waals surface area contributed by atoms with E-state index in [0.29, 0.717) is 23.4 Å². The Bertz CT molecular complexity index is 676. The van der Waals surface area contributed by atoms with Crippen molar-refractivity contribution in [2.24, 2.45) is 0 Å². The van der Waals surface area contributed by atoms with Gasteiger partial charge in [0.1, 0.15) is 0 Å². The van der Waals surface area contributed by atoms with E-state index >= 15 is 0 Å². The third-order valence-corrected chi connectivity index (χ3v) is 3.14. The average molecular weight is 272 g/mol. The predicted molar refractivity (Wildman–Crippen MR) is 68.9 cm³/mol. The van der Waals surface area contributed by atoms with Crippen LogP contribution in [0.5, 0.6) is 0 Å². The van der Waals surface area contributed by atoms with Gasteiger partial charge in [0.2, 0.25) is 0 Å². The van der Waals surface area contributed by atoms with Crippen molar-refractivity contribution in [1.82, 2.24) is 9.78 Å². The number of cyclic esters (lactones) is 1. The van der Waals surface area contributed by atoms with Crippen LogP contribution in [0.2, 0.25) is 0 Å². The zero-order valence-corrected chi connectivity index (χ0v) is 10.8. The molecular formula is C14H12N2O4. The third kappa shape index (κ3) is 1.85. The number of fused-ring (bicyclic) bond motifs is 1. The third-order valence-electron chi connectivity index (χ3n) is 3.14. The lowest BCUT2D eigenvalue weighted by Crippen LogP contribution is -2.21. The second-order valence-electron chi connectivity index (χ2n) is 4.30. The monoisotopic (exact) mass is 272 g/mol. The first kappa shape index (κ1) is 12.4. The minimum atomic E-state index is -0.550. The Morgan fingerprint density at radius 2 is 2.10 bits per heavy atom. The predicted octanol–water partition coefficient (Wildman–Crippen LogP) is 1.37. The average Bonchev–Trinajstić information content (AvgIpc) is 2.88. The summed E-state index contributed by atoms with van der Waals surface area (Å²) in [6.45, 7) is 0.246. The van der Waals surface area contributed by atoms with Crippen LogP contribution in [-0.2, 0) is 15.9 Å². The number of ether oxygens (including phenoxy) is 2. The molecule has 0 spiro atoms. The fourth-order valence-corrected chi connectivity index (χ4v) is 2.23. The summed E-state index contributed by atoms with van der Waals surface area (Å²) in [5.41, 5.74) is 1.74. The summed E-state index contributed by atoms with van der Waals surface area (Å²) < 4.78 is 11.2. The number of carbonyl (C=O) groups excluding carboxylic acids is 2. The summed E-state index contributed by atoms with van der Waals surface area (Å²) in [7, 11) is 1.29. The van der Waals surface area contributed by atoms with Gasteiger partial charge in [-0.15, -0.1) is 0 Å². The standard InChI is InChI=1S/C14H12N2O4/c1-19-13(17)11-10-7-8-20-14(18)12(10)16(15-11)9-5-3-2-4-6-9/h2-6H,7-8H2,1H3. The van der Waals surface area contributed by atoms with Crippen LogP contribution in [0, 0.1) is 0 Å². The Labute approximate surface area is 114 Å². The summed E-state index contributed by atoms with van der Waals surface area (Å²) in [6, 6.07) is 9.12. The molecule has 102 valence electrons. The summed E-state index contributed by atoms with van der Waals surface area (Å²) in [5.74, 6) is -1.02. The van der Waals surface area contributed by atoms with Crippen LogP contribution in [0.3, 0.4) is 0 Å². The van der Waals surface area contributed by atoms with Crippen molar-refractivity contribution in [2.75, 3.05) is 13.7 Å². The van der Waals surface area contributed by atoms with Crippen LogP contribution >= 0.6 is 0 Å². The van der Waals surface area contributed by atoms with E-state index in [1.165, 1.54) is 11.8 Å². The number of rotatable bonds is 2. The number of carbonyl (C=O) groups is 2. The minimum absolute atomic E-state index is 0.169. The van der Waals surface area contributed by atoms with E-state index in [1.54, 1.807) is 12.1 Å². The van der Waals surface area contributed by atoms with E-state index in [1.807, 2.05) is 18.2 Å². The molecule has 0 N–H and O–H groups in total. The zero-order valence-electron chi connectivity index (χ0n) is 10.8. The number of para-hydroxylation sites is 1. The molecule has 3 rings (SSSR count). The summed E-state index contributed by atoms with van der Waals surface area (Å²) in [6.07, 6.45) is 0.457. The highest BCUT2D eigenvalue weighted by molar-refractivity contribution is 5.97. The minimum Gasteiger partial charge on any atom is -0.464 e. The number of aromatic nitrogens is 2. The molecule has 1 aromatic heterocycles. The molecule has 20 heavy (non-hydrogen) atoms. The summed E-state index contributed by atoms with van der Waals surface area (Å²) in [4.78, 5) is 23.8. The van der Waals surface area contributed by atoms with Crippen LogP contribution in [0.15, 0.2) is 30.3 Å². The van der Waals surface area contributed by atoms with Crippen molar-refractivity contribution in [3.05, 3.63) is 47.3 Å². The topological polar surface area (TPSA) is 70.4 Å². The lowest BCUT2D eigenvalue weighted by atomic mass is 10.1. The number of hydrogen-bond donors (Lipinski definition) is 0. The fourth-order valence-electron chi connectivity index (χ4n) is 2.23. The number of methoxy groups -OCH3 is 1. The van der Waals surface area contributed by atoms with Gasteiger partial charge in [-0.3, -0.25) is 0 Å². The number of benzene rings is 1. The molecule has 1 aliphatic rings. The molecule has 0 unspecified atom stereocenters. The smallest absolute Gasteiger partial charge is 0.358 e. The number of nitrogens with zero attached hydrogens (tertiary/aromatic N) is 2. The van der Waals surface area contributed by atoms with Gasteiger partial charge in [0.15, 0.2) is 11.4 Å². The molecule has 0 atom stereocenters. The largest absolute Gasteiger partial charge is 0.464 e. The summed E-state index contributed by atoms with van der Waals surface area (Å²) in [5, 5.41) is 4.22. The molecular weight excluding hydrogens is 260 g/mol. The molecule has 0 amide bonds. The van der Waals surface area contributed by atoms with Gasteiger partial charge < -0.3 is 9.47 Å². The van der Waals surface area contributed by atoms with Gasteiger partial charge in [-0.2, -0.15) is 5.10 Å². The van der Waals surface area contributed by atoms with Gasteiger partial charge in [-0.25, -0.2) is 14.3 Å². The highest BCUT2D eigenvalue weighted by Crippen LogP contribution is 2.24. The normalized spacial score (nSPS) is 13.6. The Hall–Kier alpha value is -2.63. The van der Waals surface area contributed by atoms with E-state index in [9.17, 15) is 9.59 Å². The lowest BCUT2D eigenvalue weighted by Gasteiger charge is -2.13. The molecule has 6 nitrogen and oxygen atoms in total. The second kappa shape index (κ2) is 4.80. The van der Waals surface area contributed by atoms with Gasteiger partial charge in [0.25, 0.3) is 0 Å². The lowest BCUT2D eigenvalue weighted by molar-refractivity contribution is 0.0468. The van der Waals surface area contributed by atoms with Crippen LogP contribution in [0.1, 0.15) is 26.5 Å². The molecule has 6 heteroatoms. The molecule has 0 fully saturated rings. The van der Waals surface area contributed by atoms with Crippen molar-refractivity contribution in [2.45, 2.75) is 6.42 Å². The van der Waals surface area contributed by atoms with Gasteiger partial charge in [0.05, 0.1) is 19.4 Å². The van der Waals surface area contributed by atoms with Gasteiger partial charge in [-0.1, -0.05) is 18.2 Å². The van der Waals surface area contributed by atoms with Crippen LogP contribution in [-0.4, -0.2) is 35.4 Å². The molecule has 0 radical (unpaired) electrons. The fraction of sp³-hybridized carbons (Fsp3) is 0.214. The van der Waals surface area contributed by atoms with Crippen LogP contribution in [0.25, 0.3) is 5.69 Å². The second-order valence-corrected chi connectivity index (χ2v) is 4.30. The van der Waals surface area contributed by atoms with Crippen molar-refractivity contribution in [1.29, 1.82) is 0 Å². The Morgan fingerprint density at radius 1 is 1.35 bits per heavy atom. The van der Waals surface area contributed by atoms with Crippen molar-refractivity contribution in [3.8, 4) is 5.69 Å². The highest BCUT2D eigenvalue weighted by atomic mass is 16.5. The van der Waals surface area contributed by atoms with Crippen molar-refractivity contribution < 1.29 is 19.1 Å². The van der Waals surface area contributed by atoms with E-state index < -0.39 is 11.9 Å². The molecule has 1 aromatic carbocycles. The zero-order chi connectivity index (χ0) is 14.1. The Morgan fingerprint density at radius 3 is 2.80 bits per heavy atom.